The predicted octanol–water partition coefficient (Wildman–Crippen LogP) is 6.09. The standard InChI is InChI=1S/C22H14ClF5N2O3/c1-10-6-11(24)2-5-18(10)33-19-9-15(22(26,27)28)16(23)8-14(19)21(32)30-12-3-4-17(25)13(7-12)20(29)31/h2-9H,1H3,(H2,29,31)(H,30,32). The highest BCUT2D eigenvalue weighted by molar-refractivity contribution is 6.32. The Balaban J connectivity index is 2.06. The summed E-state index contributed by atoms with van der Waals surface area (Å²) in [7, 11) is 0. The maximum atomic E-state index is 13.7. The third-order valence-electron chi connectivity index (χ3n) is 4.47. The largest absolute Gasteiger partial charge is 0.456 e. The lowest BCUT2D eigenvalue weighted by molar-refractivity contribution is -0.137. The number of primary amides is 1. The van der Waals surface area contributed by atoms with Crippen molar-refractivity contribution in [3.05, 3.63) is 87.4 Å². The summed E-state index contributed by atoms with van der Waals surface area (Å²) in [5, 5.41) is 1.55. The topological polar surface area (TPSA) is 81.4 Å². The van der Waals surface area contributed by atoms with Crippen molar-refractivity contribution in [2.24, 2.45) is 5.73 Å². The number of hydrogen-bond acceptors (Lipinski definition) is 3. The maximum absolute atomic E-state index is 13.7. The summed E-state index contributed by atoms with van der Waals surface area (Å²) in [6.45, 7) is 1.46. The Morgan fingerprint density at radius 3 is 2.27 bits per heavy atom. The molecule has 3 N–H and O–H groups in total. The summed E-state index contributed by atoms with van der Waals surface area (Å²) in [4.78, 5) is 24.2. The van der Waals surface area contributed by atoms with Crippen molar-refractivity contribution in [1.29, 1.82) is 0 Å². The molecule has 0 saturated carbocycles. The SMILES string of the molecule is Cc1cc(F)ccc1Oc1cc(C(F)(F)F)c(Cl)cc1C(=O)Nc1ccc(F)c(C(N)=O)c1. The van der Waals surface area contributed by atoms with Crippen LogP contribution >= 0.6 is 11.6 Å². The van der Waals surface area contributed by atoms with E-state index in [1.807, 2.05) is 0 Å². The van der Waals surface area contributed by atoms with Crippen LogP contribution in [0.2, 0.25) is 5.02 Å². The van der Waals surface area contributed by atoms with Gasteiger partial charge in [0, 0.05) is 5.69 Å². The molecule has 0 saturated heterocycles. The Kier molecular flexibility index (Phi) is 6.59. The molecule has 172 valence electrons. The van der Waals surface area contributed by atoms with Crippen LogP contribution in [0.3, 0.4) is 0 Å². The first-order chi connectivity index (χ1) is 15.4. The van der Waals surface area contributed by atoms with Crippen molar-refractivity contribution in [1.82, 2.24) is 0 Å². The quantitative estimate of drug-likeness (QED) is 0.430. The van der Waals surface area contributed by atoms with Crippen molar-refractivity contribution < 1.29 is 36.3 Å². The number of hydrogen-bond donors (Lipinski definition) is 2. The van der Waals surface area contributed by atoms with Crippen LogP contribution in [0.1, 0.15) is 31.8 Å². The smallest absolute Gasteiger partial charge is 0.417 e. The molecule has 0 spiro atoms. The van der Waals surface area contributed by atoms with Crippen LogP contribution in [0, 0.1) is 18.6 Å². The van der Waals surface area contributed by atoms with Crippen LogP contribution in [0.5, 0.6) is 11.5 Å². The molecule has 3 aromatic rings. The average Bonchev–Trinajstić information content (AvgIpc) is 2.71. The van der Waals surface area contributed by atoms with E-state index in [2.05, 4.69) is 5.32 Å². The number of ether oxygens (including phenoxy) is 1. The van der Waals surface area contributed by atoms with Gasteiger partial charge in [-0.05, 0) is 61.0 Å². The van der Waals surface area contributed by atoms with Crippen LogP contribution in [0.15, 0.2) is 48.5 Å². The molecule has 0 radical (unpaired) electrons. The number of rotatable bonds is 5. The predicted molar refractivity (Wildman–Crippen MR) is 111 cm³/mol. The van der Waals surface area contributed by atoms with E-state index in [0.717, 1.165) is 36.4 Å². The monoisotopic (exact) mass is 484 g/mol. The number of carbonyl (C=O) groups is 2. The van der Waals surface area contributed by atoms with Crippen LogP contribution < -0.4 is 15.8 Å². The van der Waals surface area contributed by atoms with Crippen molar-refractivity contribution >= 4 is 29.1 Å². The Hall–Kier alpha value is -3.66. The van der Waals surface area contributed by atoms with Crippen LogP contribution in [-0.2, 0) is 6.18 Å². The van der Waals surface area contributed by atoms with Crippen molar-refractivity contribution in [2.45, 2.75) is 13.1 Å². The van der Waals surface area contributed by atoms with Gasteiger partial charge in [0.1, 0.15) is 23.1 Å². The first-order valence-corrected chi connectivity index (χ1v) is 9.50. The molecule has 33 heavy (non-hydrogen) atoms. The first kappa shape index (κ1) is 24.0. The molecule has 0 aliphatic heterocycles. The molecule has 0 heterocycles. The number of nitrogens with one attached hydrogen (secondary N) is 1. The molecule has 0 aliphatic carbocycles. The third-order valence-corrected chi connectivity index (χ3v) is 4.78. The number of anilines is 1. The highest BCUT2D eigenvalue weighted by Gasteiger charge is 2.35. The van der Waals surface area contributed by atoms with E-state index in [1.54, 1.807) is 0 Å². The number of alkyl halides is 3. The van der Waals surface area contributed by atoms with Crippen LogP contribution in [-0.4, -0.2) is 11.8 Å². The maximum Gasteiger partial charge on any atom is 0.417 e. The summed E-state index contributed by atoms with van der Waals surface area (Å²) in [6, 6.07) is 7.59. The van der Waals surface area contributed by atoms with Crippen LogP contribution in [0.25, 0.3) is 0 Å². The molecule has 5 nitrogen and oxygen atoms in total. The van der Waals surface area contributed by atoms with Gasteiger partial charge in [-0.15, -0.1) is 0 Å². The molecule has 0 fully saturated rings. The molecular weight excluding hydrogens is 471 g/mol. The minimum Gasteiger partial charge on any atom is -0.456 e. The van der Waals surface area contributed by atoms with Gasteiger partial charge in [-0.1, -0.05) is 11.6 Å². The van der Waals surface area contributed by atoms with E-state index in [4.69, 9.17) is 22.1 Å². The Bertz CT molecular complexity index is 1260. The number of amides is 2. The molecule has 0 aromatic heterocycles. The minimum atomic E-state index is -4.85. The Morgan fingerprint density at radius 2 is 1.67 bits per heavy atom. The third kappa shape index (κ3) is 5.40. The Morgan fingerprint density at radius 1 is 0.970 bits per heavy atom. The van der Waals surface area contributed by atoms with Gasteiger partial charge in [-0.2, -0.15) is 13.2 Å². The normalized spacial score (nSPS) is 11.2. The van der Waals surface area contributed by atoms with E-state index in [1.165, 1.54) is 13.0 Å². The molecule has 3 rings (SSSR count). The zero-order chi connectivity index (χ0) is 24.5. The lowest BCUT2D eigenvalue weighted by Crippen LogP contribution is -2.17. The molecular formula is C22H14ClF5N2O3. The number of halogens is 6. The van der Waals surface area contributed by atoms with Gasteiger partial charge in [0.2, 0.25) is 0 Å². The Labute approximate surface area is 188 Å². The molecule has 11 heteroatoms. The highest BCUT2D eigenvalue weighted by Crippen LogP contribution is 2.40. The molecule has 0 bridgehead atoms. The van der Waals surface area contributed by atoms with Gasteiger partial charge < -0.3 is 15.8 Å². The van der Waals surface area contributed by atoms with E-state index in [0.29, 0.717) is 6.07 Å². The molecule has 0 atom stereocenters. The summed E-state index contributed by atoms with van der Waals surface area (Å²) >= 11 is 5.76. The van der Waals surface area contributed by atoms with Gasteiger partial charge in [-0.3, -0.25) is 9.59 Å². The lowest BCUT2D eigenvalue weighted by atomic mass is 10.1. The van der Waals surface area contributed by atoms with Gasteiger partial charge >= 0.3 is 6.18 Å². The van der Waals surface area contributed by atoms with Crippen molar-refractivity contribution in [3.8, 4) is 11.5 Å². The second-order valence-electron chi connectivity index (χ2n) is 6.85. The molecule has 0 aliphatic rings. The fraction of sp³-hybridized carbons (Fsp3) is 0.0909. The van der Waals surface area contributed by atoms with Gasteiger partial charge in [0.15, 0.2) is 0 Å². The van der Waals surface area contributed by atoms with E-state index >= 15 is 0 Å². The zero-order valence-electron chi connectivity index (χ0n) is 16.7. The highest BCUT2D eigenvalue weighted by atomic mass is 35.5. The zero-order valence-corrected chi connectivity index (χ0v) is 17.4. The first-order valence-electron chi connectivity index (χ1n) is 9.12. The molecule has 2 amide bonds. The van der Waals surface area contributed by atoms with Gasteiger partial charge in [-0.25, -0.2) is 8.78 Å². The van der Waals surface area contributed by atoms with Gasteiger partial charge in [0.05, 0.1) is 21.7 Å². The van der Waals surface area contributed by atoms with Crippen LogP contribution in [0.4, 0.5) is 27.6 Å². The minimum absolute atomic E-state index is 0.00121. The summed E-state index contributed by atoms with van der Waals surface area (Å²) in [5.41, 5.74) is 3.11. The van der Waals surface area contributed by atoms with Crippen molar-refractivity contribution in [2.75, 3.05) is 5.32 Å². The number of nitrogens with two attached hydrogens (primary N) is 1. The molecule has 3 aromatic carbocycles. The number of benzene rings is 3. The van der Waals surface area contributed by atoms with E-state index < -0.39 is 57.1 Å². The van der Waals surface area contributed by atoms with Gasteiger partial charge in [0.25, 0.3) is 11.8 Å². The molecule has 0 unspecified atom stereocenters. The fourth-order valence-electron chi connectivity index (χ4n) is 2.87. The van der Waals surface area contributed by atoms with E-state index in [-0.39, 0.29) is 17.0 Å². The second kappa shape index (κ2) is 9.07. The van der Waals surface area contributed by atoms with Crippen molar-refractivity contribution in [3.63, 3.8) is 0 Å². The number of carbonyl (C=O) groups excluding carboxylic acids is 2. The summed E-state index contributed by atoms with van der Waals surface area (Å²) < 4.78 is 72.7. The lowest BCUT2D eigenvalue weighted by Gasteiger charge is -2.17. The summed E-state index contributed by atoms with van der Waals surface area (Å²) in [6.07, 6.45) is -4.85. The summed E-state index contributed by atoms with van der Waals surface area (Å²) in [5.74, 6) is -4.09. The second-order valence-corrected chi connectivity index (χ2v) is 7.26. The number of aryl methyl sites for hydroxylation is 1. The fourth-order valence-corrected chi connectivity index (χ4v) is 3.14. The van der Waals surface area contributed by atoms with E-state index in [9.17, 15) is 31.5 Å². The average molecular weight is 485 g/mol.